The summed E-state index contributed by atoms with van der Waals surface area (Å²) >= 11 is 0. The maximum atomic E-state index is 12.6. The van der Waals surface area contributed by atoms with Crippen LogP contribution in [0.2, 0.25) is 0 Å². The number of fused-ring (bicyclic) bond motifs is 1. The molecule has 0 spiro atoms. The third kappa shape index (κ3) is 3.14. The van der Waals surface area contributed by atoms with Crippen molar-refractivity contribution in [1.29, 1.82) is 0 Å². The number of rotatable bonds is 4. The first-order valence-electron chi connectivity index (χ1n) is 7.45. The third-order valence-electron chi connectivity index (χ3n) is 3.90. The number of nitrogens with one attached hydrogen (secondary N) is 1. The molecule has 0 aromatic heterocycles. The first kappa shape index (κ1) is 15.4. The molecule has 0 radical (unpaired) electrons. The molecule has 1 aliphatic heterocycles. The summed E-state index contributed by atoms with van der Waals surface area (Å²) in [7, 11) is 3.14. The summed E-state index contributed by atoms with van der Waals surface area (Å²) in [5.41, 5.74) is 2.66. The Morgan fingerprint density at radius 1 is 1.17 bits per heavy atom. The van der Waals surface area contributed by atoms with Crippen LogP contribution in [0.4, 0.5) is 5.69 Å². The Morgan fingerprint density at radius 3 is 2.78 bits per heavy atom. The third-order valence-corrected chi connectivity index (χ3v) is 3.90. The number of hydrogen-bond donors (Lipinski definition) is 1. The van der Waals surface area contributed by atoms with Gasteiger partial charge in [0.05, 0.1) is 26.5 Å². The fourth-order valence-corrected chi connectivity index (χ4v) is 2.71. The highest BCUT2D eigenvalue weighted by Gasteiger charge is 2.27. The van der Waals surface area contributed by atoms with Crippen molar-refractivity contribution in [2.45, 2.75) is 12.5 Å². The average Bonchev–Trinajstić information content (AvgIpc) is 2.61. The molecule has 5 nitrogen and oxygen atoms in total. The maximum absolute atomic E-state index is 12.6. The molecule has 5 heteroatoms. The topological polar surface area (TPSA) is 56.8 Å². The summed E-state index contributed by atoms with van der Waals surface area (Å²) in [6.45, 7) is 0.537. The smallest absolute Gasteiger partial charge is 0.258 e. The van der Waals surface area contributed by atoms with Crippen molar-refractivity contribution in [1.82, 2.24) is 0 Å². The first-order chi connectivity index (χ1) is 11.2. The van der Waals surface area contributed by atoms with Crippen LogP contribution in [-0.4, -0.2) is 26.7 Å². The molecular formula is C18H19NO4. The molecule has 3 rings (SSSR count). The standard InChI is InChI=1S/C18H19NO4/c1-21-13-7-8-15(16(11-13)22-2)19-18(20)17-14-6-4-3-5-12(14)9-10-23-17/h3-8,11,17H,9-10H2,1-2H3,(H,19,20)/t17-/m0/s1. The number of methoxy groups -OCH3 is 2. The van der Waals surface area contributed by atoms with E-state index in [0.29, 0.717) is 23.8 Å². The minimum Gasteiger partial charge on any atom is -0.497 e. The van der Waals surface area contributed by atoms with E-state index in [9.17, 15) is 4.79 Å². The molecule has 1 aliphatic rings. The second-order valence-electron chi connectivity index (χ2n) is 5.26. The van der Waals surface area contributed by atoms with Gasteiger partial charge in [-0.1, -0.05) is 24.3 Å². The van der Waals surface area contributed by atoms with Crippen LogP contribution in [-0.2, 0) is 16.0 Å². The molecule has 1 atom stereocenters. The molecule has 0 bridgehead atoms. The highest BCUT2D eigenvalue weighted by molar-refractivity contribution is 5.96. The predicted octanol–water partition coefficient (Wildman–Crippen LogP) is 2.96. The van der Waals surface area contributed by atoms with Gasteiger partial charge in [-0.3, -0.25) is 4.79 Å². The lowest BCUT2D eigenvalue weighted by molar-refractivity contribution is -0.128. The lowest BCUT2D eigenvalue weighted by Gasteiger charge is -2.25. The van der Waals surface area contributed by atoms with Gasteiger partial charge in [0.25, 0.3) is 5.91 Å². The number of amides is 1. The Hall–Kier alpha value is -2.53. The van der Waals surface area contributed by atoms with Gasteiger partial charge in [0.2, 0.25) is 0 Å². The summed E-state index contributed by atoms with van der Waals surface area (Å²) in [6, 6.07) is 13.1. The molecule has 2 aromatic carbocycles. The molecular weight excluding hydrogens is 294 g/mol. The van der Waals surface area contributed by atoms with Crippen LogP contribution in [0.5, 0.6) is 11.5 Å². The van der Waals surface area contributed by atoms with Crippen molar-refractivity contribution in [3.05, 3.63) is 53.6 Å². The predicted molar refractivity (Wildman–Crippen MR) is 87.0 cm³/mol. The van der Waals surface area contributed by atoms with Crippen molar-refractivity contribution >= 4 is 11.6 Å². The summed E-state index contributed by atoms with van der Waals surface area (Å²) in [4.78, 5) is 12.6. The molecule has 120 valence electrons. The van der Waals surface area contributed by atoms with Crippen molar-refractivity contribution in [2.24, 2.45) is 0 Å². The summed E-state index contributed by atoms with van der Waals surface area (Å²) in [5.74, 6) is 1.00. The minimum atomic E-state index is -0.605. The van der Waals surface area contributed by atoms with Crippen LogP contribution < -0.4 is 14.8 Å². The maximum Gasteiger partial charge on any atom is 0.258 e. The Balaban J connectivity index is 1.83. The van der Waals surface area contributed by atoms with Gasteiger partial charge in [-0.25, -0.2) is 0 Å². The number of ether oxygens (including phenoxy) is 3. The summed E-state index contributed by atoms with van der Waals surface area (Å²) in [5, 5.41) is 2.88. The van der Waals surface area contributed by atoms with Crippen molar-refractivity contribution in [3.8, 4) is 11.5 Å². The van der Waals surface area contributed by atoms with Crippen molar-refractivity contribution < 1.29 is 19.0 Å². The number of hydrogen-bond acceptors (Lipinski definition) is 4. The van der Waals surface area contributed by atoms with Gasteiger partial charge in [-0.05, 0) is 29.7 Å². The second kappa shape index (κ2) is 6.71. The van der Waals surface area contributed by atoms with Crippen LogP contribution in [0.3, 0.4) is 0 Å². The van der Waals surface area contributed by atoms with E-state index in [1.807, 2.05) is 24.3 Å². The average molecular weight is 313 g/mol. The van der Waals surface area contributed by atoms with Gasteiger partial charge in [0.15, 0.2) is 6.10 Å². The van der Waals surface area contributed by atoms with Crippen molar-refractivity contribution in [2.75, 3.05) is 26.1 Å². The molecule has 0 fully saturated rings. The fraction of sp³-hybridized carbons (Fsp3) is 0.278. The lowest BCUT2D eigenvalue weighted by Crippen LogP contribution is -2.28. The van der Waals surface area contributed by atoms with Gasteiger partial charge in [0, 0.05) is 6.07 Å². The molecule has 1 amide bonds. The van der Waals surface area contributed by atoms with E-state index in [4.69, 9.17) is 14.2 Å². The molecule has 0 saturated heterocycles. The monoisotopic (exact) mass is 313 g/mol. The second-order valence-corrected chi connectivity index (χ2v) is 5.26. The van der Waals surface area contributed by atoms with E-state index < -0.39 is 6.10 Å². The van der Waals surface area contributed by atoms with Crippen LogP contribution >= 0.6 is 0 Å². The van der Waals surface area contributed by atoms with Gasteiger partial charge in [0.1, 0.15) is 11.5 Å². The lowest BCUT2D eigenvalue weighted by atomic mass is 9.97. The molecule has 1 N–H and O–H groups in total. The van der Waals surface area contributed by atoms with E-state index in [1.54, 1.807) is 32.4 Å². The molecule has 0 aliphatic carbocycles. The number of carbonyl (C=O) groups excluding carboxylic acids is 1. The van der Waals surface area contributed by atoms with E-state index in [0.717, 1.165) is 17.5 Å². The molecule has 0 saturated carbocycles. The van der Waals surface area contributed by atoms with E-state index in [2.05, 4.69) is 5.32 Å². The Labute approximate surface area is 135 Å². The Bertz CT molecular complexity index is 714. The zero-order valence-corrected chi connectivity index (χ0v) is 13.2. The molecule has 1 heterocycles. The summed E-state index contributed by atoms with van der Waals surface area (Å²) < 4.78 is 16.2. The highest BCUT2D eigenvalue weighted by atomic mass is 16.5. The summed E-state index contributed by atoms with van der Waals surface area (Å²) in [6.07, 6.45) is 0.220. The van der Waals surface area contributed by atoms with E-state index >= 15 is 0 Å². The first-order valence-corrected chi connectivity index (χ1v) is 7.45. The molecule has 2 aromatic rings. The van der Waals surface area contributed by atoms with Gasteiger partial charge >= 0.3 is 0 Å². The zero-order chi connectivity index (χ0) is 16.2. The van der Waals surface area contributed by atoms with Crippen LogP contribution in [0.25, 0.3) is 0 Å². The zero-order valence-electron chi connectivity index (χ0n) is 13.2. The Kier molecular flexibility index (Phi) is 4.48. The van der Waals surface area contributed by atoms with Gasteiger partial charge in [-0.2, -0.15) is 0 Å². The minimum absolute atomic E-state index is 0.208. The number of carbonyl (C=O) groups is 1. The number of benzene rings is 2. The molecule has 0 unspecified atom stereocenters. The van der Waals surface area contributed by atoms with Crippen LogP contribution in [0.1, 0.15) is 17.2 Å². The normalized spacial score (nSPS) is 16.3. The quantitative estimate of drug-likeness (QED) is 0.943. The number of anilines is 1. The van der Waals surface area contributed by atoms with Gasteiger partial charge < -0.3 is 19.5 Å². The largest absolute Gasteiger partial charge is 0.497 e. The highest BCUT2D eigenvalue weighted by Crippen LogP contribution is 2.32. The van der Waals surface area contributed by atoms with Crippen LogP contribution in [0, 0.1) is 0 Å². The van der Waals surface area contributed by atoms with Gasteiger partial charge in [-0.15, -0.1) is 0 Å². The Morgan fingerprint density at radius 2 is 2.00 bits per heavy atom. The van der Waals surface area contributed by atoms with Crippen LogP contribution in [0.15, 0.2) is 42.5 Å². The van der Waals surface area contributed by atoms with E-state index in [-0.39, 0.29) is 5.91 Å². The fourth-order valence-electron chi connectivity index (χ4n) is 2.71. The van der Waals surface area contributed by atoms with E-state index in [1.165, 1.54) is 0 Å². The van der Waals surface area contributed by atoms with Crippen molar-refractivity contribution in [3.63, 3.8) is 0 Å². The molecule has 23 heavy (non-hydrogen) atoms. The SMILES string of the molecule is COc1ccc(NC(=O)[C@H]2OCCc3ccccc32)c(OC)c1.